The van der Waals surface area contributed by atoms with Crippen molar-refractivity contribution in [2.75, 3.05) is 26.2 Å². The van der Waals surface area contributed by atoms with E-state index in [-0.39, 0.29) is 30.2 Å². The number of esters is 2. The van der Waals surface area contributed by atoms with Crippen molar-refractivity contribution in [1.29, 1.82) is 0 Å². The van der Waals surface area contributed by atoms with E-state index in [4.69, 9.17) is 14.2 Å². The lowest BCUT2D eigenvalue weighted by Gasteiger charge is -2.24. The van der Waals surface area contributed by atoms with E-state index >= 15 is 0 Å². The smallest absolute Gasteiger partial charge is 0.407 e. The second-order valence-electron chi connectivity index (χ2n) is 18.6. The van der Waals surface area contributed by atoms with Crippen LogP contribution in [0.2, 0.25) is 0 Å². The Hall–Kier alpha value is -1.83. The molecule has 0 aromatic heterocycles. The van der Waals surface area contributed by atoms with Crippen molar-refractivity contribution in [2.24, 2.45) is 0 Å². The Morgan fingerprint density at radius 1 is 0.458 bits per heavy atom. The molecule has 0 heterocycles. The van der Waals surface area contributed by atoms with E-state index in [0.29, 0.717) is 19.4 Å². The highest BCUT2D eigenvalue weighted by molar-refractivity contribution is 5.69. The van der Waals surface area contributed by atoms with Crippen LogP contribution < -0.4 is 5.32 Å². The lowest BCUT2D eigenvalue weighted by molar-refractivity contribution is -0.150. The van der Waals surface area contributed by atoms with E-state index in [1.54, 1.807) is 0 Å². The Bertz CT molecular complexity index is 937. The minimum atomic E-state index is -0.519. The largest absolute Gasteiger partial charge is 0.462 e. The third-order valence-corrected chi connectivity index (χ3v) is 11.5. The predicted molar refractivity (Wildman–Crippen MR) is 250 cm³/mol. The van der Waals surface area contributed by atoms with E-state index in [2.05, 4.69) is 37.9 Å². The van der Waals surface area contributed by atoms with E-state index < -0.39 is 5.60 Å². The predicted octanol–water partition coefficient (Wildman–Crippen LogP) is 15.0. The summed E-state index contributed by atoms with van der Waals surface area (Å²) in [5.74, 6) is -0.0582. The van der Waals surface area contributed by atoms with Gasteiger partial charge >= 0.3 is 18.0 Å². The van der Waals surface area contributed by atoms with E-state index in [9.17, 15) is 14.4 Å². The number of rotatable bonds is 43. The van der Waals surface area contributed by atoms with Crippen LogP contribution in [-0.2, 0) is 23.8 Å². The molecule has 59 heavy (non-hydrogen) atoms. The lowest BCUT2D eigenvalue weighted by Crippen LogP contribution is -2.38. The van der Waals surface area contributed by atoms with Gasteiger partial charge in [-0.15, -0.1) is 0 Å². The molecule has 1 amide bonds. The molecule has 8 nitrogen and oxygen atoms in total. The molecule has 1 N–H and O–H groups in total. The number of carbonyl (C=O) groups is 3. The van der Waals surface area contributed by atoms with Gasteiger partial charge in [0.2, 0.25) is 0 Å². The van der Waals surface area contributed by atoms with Crippen LogP contribution in [0.5, 0.6) is 0 Å². The lowest BCUT2D eigenvalue weighted by atomic mass is 10.0. The van der Waals surface area contributed by atoms with Gasteiger partial charge in [0.15, 0.2) is 0 Å². The van der Waals surface area contributed by atoms with E-state index in [0.717, 1.165) is 103 Å². The number of nitrogens with zero attached hydrogens (tertiary/aromatic N) is 1. The Morgan fingerprint density at radius 3 is 1.24 bits per heavy atom. The number of carbonyl (C=O) groups excluding carboxylic acids is 3. The second-order valence-corrected chi connectivity index (χ2v) is 18.6. The fraction of sp³-hybridized carbons (Fsp3) is 0.941. The fourth-order valence-electron chi connectivity index (χ4n) is 7.79. The maximum atomic E-state index is 12.8. The highest BCUT2D eigenvalue weighted by Crippen LogP contribution is 2.19. The van der Waals surface area contributed by atoms with Crippen LogP contribution in [0, 0.1) is 0 Å². The van der Waals surface area contributed by atoms with Crippen molar-refractivity contribution in [3.05, 3.63) is 0 Å². The van der Waals surface area contributed by atoms with Crippen LogP contribution in [0.25, 0.3) is 0 Å². The first-order chi connectivity index (χ1) is 28.5. The first-order valence-electron chi connectivity index (χ1n) is 25.6. The third-order valence-electron chi connectivity index (χ3n) is 11.5. The van der Waals surface area contributed by atoms with Crippen LogP contribution >= 0.6 is 0 Å². The van der Waals surface area contributed by atoms with Gasteiger partial charge in [-0.3, -0.25) is 9.59 Å². The zero-order chi connectivity index (χ0) is 43.7. The van der Waals surface area contributed by atoms with Gasteiger partial charge in [0.05, 0.1) is 0 Å². The standard InChI is InChI=1S/C51H100N2O6/c1-8-12-15-18-21-22-26-30-37-46(11-4)57-48(54)41-34-29-36-44-53(45-42-52-50(56)59-51(5,6)7)43-35-28-23-27-33-40-49(55)58-47(38-31-24-19-16-13-9-2)39-32-25-20-17-14-10-3/h46-47H,8-45H2,1-7H3,(H,52,56). The van der Waals surface area contributed by atoms with Gasteiger partial charge in [-0.1, -0.05) is 163 Å². The van der Waals surface area contributed by atoms with Gasteiger partial charge in [0.25, 0.3) is 0 Å². The Balaban J connectivity index is 4.58. The first kappa shape index (κ1) is 57.2. The normalized spacial score (nSPS) is 12.3. The molecule has 1 atom stereocenters. The van der Waals surface area contributed by atoms with Crippen molar-refractivity contribution < 1.29 is 28.6 Å². The Labute approximate surface area is 366 Å². The minimum Gasteiger partial charge on any atom is -0.462 e. The molecule has 0 aliphatic carbocycles. The summed E-state index contributed by atoms with van der Waals surface area (Å²) in [7, 11) is 0. The molecule has 0 radical (unpaired) electrons. The second kappa shape index (κ2) is 41.5. The average molecular weight is 837 g/mol. The highest BCUT2D eigenvalue weighted by Gasteiger charge is 2.17. The van der Waals surface area contributed by atoms with E-state index in [1.165, 1.54) is 122 Å². The summed E-state index contributed by atoms with van der Waals surface area (Å²) >= 11 is 0. The third kappa shape index (κ3) is 41.3. The van der Waals surface area contributed by atoms with Crippen LogP contribution in [0.1, 0.15) is 267 Å². The summed E-state index contributed by atoms with van der Waals surface area (Å²) in [4.78, 5) is 40.2. The number of amides is 1. The van der Waals surface area contributed by atoms with Gasteiger partial charge in [0.1, 0.15) is 17.8 Å². The number of ether oxygens (including phenoxy) is 3. The maximum Gasteiger partial charge on any atom is 0.407 e. The maximum absolute atomic E-state index is 12.8. The van der Waals surface area contributed by atoms with Gasteiger partial charge in [-0.25, -0.2) is 4.79 Å². The number of nitrogens with one attached hydrogen (secondary N) is 1. The molecule has 0 fully saturated rings. The molecule has 0 aromatic rings. The van der Waals surface area contributed by atoms with Crippen LogP contribution in [0.15, 0.2) is 0 Å². The molecule has 1 unspecified atom stereocenters. The average Bonchev–Trinajstić information content (AvgIpc) is 3.19. The molecule has 0 spiro atoms. The number of hydrogen-bond donors (Lipinski definition) is 1. The molecule has 0 bridgehead atoms. The summed E-state index contributed by atoms with van der Waals surface area (Å²) in [5.41, 5.74) is -0.519. The van der Waals surface area contributed by atoms with Crippen molar-refractivity contribution in [3.63, 3.8) is 0 Å². The van der Waals surface area contributed by atoms with E-state index in [1.807, 2.05) is 20.8 Å². The summed E-state index contributed by atoms with van der Waals surface area (Å²) in [6, 6.07) is 0. The molecule has 0 aliphatic rings. The minimum absolute atomic E-state index is 0.00660. The molecular weight excluding hydrogens is 737 g/mol. The van der Waals surface area contributed by atoms with Gasteiger partial charge < -0.3 is 24.4 Å². The molecule has 350 valence electrons. The van der Waals surface area contributed by atoms with Crippen molar-refractivity contribution in [1.82, 2.24) is 10.2 Å². The van der Waals surface area contributed by atoms with Gasteiger partial charge in [0, 0.05) is 25.9 Å². The molecule has 0 aliphatic heterocycles. The first-order valence-corrected chi connectivity index (χ1v) is 25.6. The van der Waals surface area contributed by atoms with Gasteiger partial charge in [-0.05, 0) is 104 Å². The summed E-state index contributed by atoms with van der Waals surface area (Å²) in [6.45, 7) is 17.7. The molecular formula is C51H100N2O6. The zero-order valence-corrected chi connectivity index (χ0v) is 40.4. The molecule has 8 heteroatoms. The zero-order valence-electron chi connectivity index (χ0n) is 40.4. The SMILES string of the molecule is CCCCCCCCCCC(CC)OC(=O)CCCCCN(CCCCCCCC(=O)OC(CCCCCCCC)CCCCCCCC)CCNC(=O)OC(C)(C)C. The van der Waals surface area contributed by atoms with Crippen molar-refractivity contribution >= 4 is 18.0 Å². The van der Waals surface area contributed by atoms with Crippen LogP contribution in [-0.4, -0.2) is 66.9 Å². The quantitative estimate of drug-likeness (QED) is 0.0371. The Kier molecular flexibility index (Phi) is 40.2. The topological polar surface area (TPSA) is 94.2 Å². The van der Waals surface area contributed by atoms with Crippen LogP contribution in [0.4, 0.5) is 4.79 Å². The number of unbranched alkanes of at least 4 members (excludes halogenated alkanes) is 23. The highest BCUT2D eigenvalue weighted by atomic mass is 16.6. The van der Waals surface area contributed by atoms with Crippen molar-refractivity contribution in [2.45, 2.75) is 285 Å². The monoisotopic (exact) mass is 837 g/mol. The number of hydrogen-bond acceptors (Lipinski definition) is 7. The molecule has 0 saturated heterocycles. The van der Waals surface area contributed by atoms with Crippen LogP contribution in [0.3, 0.4) is 0 Å². The van der Waals surface area contributed by atoms with Gasteiger partial charge in [-0.2, -0.15) is 0 Å². The Morgan fingerprint density at radius 2 is 0.814 bits per heavy atom. The van der Waals surface area contributed by atoms with Crippen molar-refractivity contribution in [3.8, 4) is 0 Å². The summed E-state index contributed by atoms with van der Waals surface area (Å²) in [5, 5.41) is 2.92. The molecule has 0 aromatic carbocycles. The number of alkyl carbamates (subject to hydrolysis) is 1. The molecule has 0 rings (SSSR count). The summed E-state index contributed by atoms with van der Waals surface area (Å²) < 4.78 is 17.3. The summed E-state index contributed by atoms with van der Waals surface area (Å²) in [6.07, 6.45) is 38.3. The molecule has 0 saturated carbocycles. The fourth-order valence-corrected chi connectivity index (χ4v) is 7.79.